The third-order valence-corrected chi connectivity index (χ3v) is 4.87. The van der Waals surface area contributed by atoms with Crippen LogP contribution < -0.4 is 5.32 Å². The maximum Gasteiger partial charge on any atom is 0.0468 e. The Morgan fingerprint density at radius 3 is 2.86 bits per heavy atom. The molecule has 0 unspecified atom stereocenters. The maximum atomic E-state index is 6.17. The number of hydrogen-bond donors (Lipinski definition) is 2. The SMILES string of the molecule is CNCc1ccc(Cl)cc1Sc1c[nH]c2cccc(C)c12. The van der Waals surface area contributed by atoms with Gasteiger partial charge in [-0.1, -0.05) is 41.6 Å². The third kappa shape index (κ3) is 2.95. The molecule has 3 aromatic rings. The van der Waals surface area contributed by atoms with Gasteiger partial charge >= 0.3 is 0 Å². The van der Waals surface area contributed by atoms with E-state index in [9.17, 15) is 0 Å². The molecule has 2 aromatic carbocycles. The fourth-order valence-corrected chi connectivity index (χ4v) is 3.91. The Hall–Kier alpha value is -1.42. The Balaban J connectivity index is 2.04. The summed E-state index contributed by atoms with van der Waals surface area (Å²) < 4.78 is 0. The van der Waals surface area contributed by atoms with Crippen molar-refractivity contribution >= 4 is 34.3 Å². The fraction of sp³-hybridized carbons (Fsp3) is 0.176. The topological polar surface area (TPSA) is 27.8 Å². The lowest BCUT2D eigenvalue weighted by molar-refractivity contribution is 0.803. The zero-order valence-electron chi connectivity index (χ0n) is 12.0. The zero-order chi connectivity index (χ0) is 14.8. The lowest BCUT2D eigenvalue weighted by atomic mass is 10.1. The number of H-pyrrole nitrogens is 1. The molecule has 0 saturated heterocycles. The van der Waals surface area contributed by atoms with E-state index in [1.165, 1.54) is 31.8 Å². The monoisotopic (exact) mass is 316 g/mol. The Morgan fingerprint density at radius 2 is 2.05 bits per heavy atom. The second-order valence-corrected chi connectivity index (χ2v) is 6.56. The lowest BCUT2D eigenvalue weighted by Crippen LogP contribution is -2.05. The average molecular weight is 317 g/mol. The molecule has 0 aliphatic heterocycles. The second kappa shape index (κ2) is 6.14. The summed E-state index contributed by atoms with van der Waals surface area (Å²) in [5, 5.41) is 5.27. The van der Waals surface area contributed by atoms with Crippen LogP contribution in [0.3, 0.4) is 0 Å². The first kappa shape index (κ1) is 14.5. The van der Waals surface area contributed by atoms with Crippen LogP contribution in [0.5, 0.6) is 0 Å². The first-order valence-electron chi connectivity index (χ1n) is 6.86. The van der Waals surface area contributed by atoms with Crippen molar-refractivity contribution in [1.29, 1.82) is 0 Å². The molecule has 0 aliphatic rings. The van der Waals surface area contributed by atoms with Crippen LogP contribution in [-0.4, -0.2) is 12.0 Å². The van der Waals surface area contributed by atoms with E-state index in [2.05, 4.69) is 47.7 Å². The largest absolute Gasteiger partial charge is 0.360 e. The summed E-state index contributed by atoms with van der Waals surface area (Å²) in [6, 6.07) is 12.4. The van der Waals surface area contributed by atoms with Crippen molar-refractivity contribution in [3.63, 3.8) is 0 Å². The first-order valence-corrected chi connectivity index (χ1v) is 8.06. The smallest absolute Gasteiger partial charge is 0.0468 e. The van der Waals surface area contributed by atoms with E-state index in [4.69, 9.17) is 11.6 Å². The highest BCUT2D eigenvalue weighted by Crippen LogP contribution is 2.37. The van der Waals surface area contributed by atoms with Crippen LogP contribution in [-0.2, 0) is 6.54 Å². The van der Waals surface area contributed by atoms with E-state index in [0.29, 0.717) is 0 Å². The summed E-state index contributed by atoms with van der Waals surface area (Å²) in [5.74, 6) is 0. The highest BCUT2D eigenvalue weighted by Gasteiger charge is 2.10. The molecular weight excluding hydrogens is 300 g/mol. The number of aromatic nitrogens is 1. The normalized spacial score (nSPS) is 11.2. The molecule has 1 aromatic heterocycles. The molecule has 3 rings (SSSR count). The molecule has 2 N–H and O–H groups in total. The fourth-order valence-electron chi connectivity index (χ4n) is 2.49. The van der Waals surface area contributed by atoms with Gasteiger partial charge in [0.15, 0.2) is 0 Å². The molecule has 1 heterocycles. The molecule has 4 heteroatoms. The Bertz CT molecular complexity index is 780. The van der Waals surface area contributed by atoms with Crippen LogP contribution in [0, 0.1) is 6.92 Å². The van der Waals surface area contributed by atoms with Crippen molar-refractivity contribution in [2.45, 2.75) is 23.3 Å². The van der Waals surface area contributed by atoms with E-state index in [1.54, 1.807) is 11.8 Å². The van der Waals surface area contributed by atoms with Gasteiger partial charge in [0.25, 0.3) is 0 Å². The van der Waals surface area contributed by atoms with Crippen molar-refractivity contribution < 1.29 is 0 Å². The molecule has 0 bridgehead atoms. The minimum absolute atomic E-state index is 0.772. The van der Waals surface area contributed by atoms with Gasteiger partial charge < -0.3 is 10.3 Å². The van der Waals surface area contributed by atoms with Gasteiger partial charge in [-0.25, -0.2) is 0 Å². The van der Waals surface area contributed by atoms with Crippen molar-refractivity contribution in [3.05, 3.63) is 58.7 Å². The van der Waals surface area contributed by atoms with Gasteiger partial charge in [0, 0.05) is 38.5 Å². The van der Waals surface area contributed by atoms with Crippen molar-refractivity contribution in [2.75, 3.05) is 7.05 Å². The summed E-state index contributed by atoms with van der Waals surface area (Å²) >= 11 is 7.93. The Kier molecular flexibility index (Phi) is 4.24. The Labute approximate surface area is 133 Å². The molecule has 21 heavy (non-hydrogen) atoms. The van der Waals surface area contributed by atoms with Crippen LogP contribution in [0.15, 0.2) is 52.4 Å². The van der Waals surface area contributed by atoms with Gasteiger partial charge in [-0.15, -0.1) is 0 Å². The summed E-state index contributed by atoms with van der Waals surface area (Å²) in [5.41, 5.74) is 3.72. The number of hydrogen-bond acceptors (Lipinski definition) is 2. The molecule has 0 fully saturated rings. The van der Waals surface area contributed by atoms with Crippen LogP contribution >= 0.6 is 23.4 Å². The van der Waals surface area contributed by atoms with E-state index < -0.39 is 0 Å². The number of aryl methyl sites for hydroxylation is 1. The lowest BCUT2D eigenvalue weighted by Gasteiger charge is -2.09. The highest BCUT2D eigenvalue weighted by molar-refractivity contribution is 7.99. The van der Waals surface area contributed by atoms with E-state index >= 15 is 0 Å². The third-order valence-electron chi connectivity index (χ3n) is 3.49. The minimum atomic E-state index is 0.772. The number of benzene rings is 2. The number of rotatable bonds is 4. The molecule has 2 nitrogen and oxygen atoms in total. The number of halogens is 1. The van der Waals surface area contributed by atoms with Gasteiger partial charge in [-0.05, 0) is 43.3 Å². The van der Waals surface area contributed by atoms with Crippen molar-refractivity contribution in [3.8, 4) is 0 Å². The predicted octanol–water partition coefficient (Wildman–Crippen LogP) is 5.00. The van der Waals surface area contributed by atoms with Crippen molar-refractivity contribution in [1.82, 2.24) is 10.3 Å². The van der Waals surface area contributed by atoms with Gasteiger partial charge in [0.05, 0.1) is 0 Å². The quantitative estimate of drug-likeness (QED) is 0.709. The summed E-state index contributed by atoms with van der Waals surface area (Å²) in [6.07, 6.45) is 2.08. The number of fused-ring (bicyclic) bond motifs is 1. The highest BCUT2D eigenvalue weighted by atomic mass is 35.5. The molecule has 0 saturated carbocycles. The maximum absolute atomic E-state index is 6.17. The molecular formula is C17H17ClN2S. The number of aromatic amines is 1. The van der Waals surface area contributed by atoms with Crippen LogP contribution in [0.2, 0.25) is 5.02 Å². The summed E-state index contributed by atoms with van der Waals surface area (Å²) in [6.45, 7) is 2.98. The minimum Gasteiger partial charge on any atom is -0.360 e. The predicted molar refractivity (Wildman–Crippen MR) is 91.4 cm³/mol. The molecule has 108 valence electrons. The van der Waals surface area contributed by atoms with E-state index in [1.807, 2.05) is 19.2 Å². The summed E-state index contributed by atoms with van der Waals surface area (Å²) in [4.78, 5) is 5.78. The van der Waals surface area contributed by atoms with E-state index in [0.717, 1.165) is 11.6 Å². The van der Waals surface area contributed by atoms with Gasteiger partial charge in [-0.2, -0.15) is 0 Å². The van der Waals surface area contributed by atoms with Crippen LogP contribution in [0.4, 0.5) is 0 Å². The van der Waals surface area contributed by atoms with Crippen LogP contribution in [0.25, 0.3) is 10.9 Å². The van der Waals surface area contributed by atoms with Gasteiger partial charge in [-0.3, -0.25) is 0 Å². The molecule has 0 radical (unpaired) electrons. The molecule has 0 atom stereocenters. The van der Waals surface area contributed by atoms with Gasteiger partial charge in [0.2, 0.25) is 0 Å². The van der Waals surface area contributed by atoms with Crippen molar-refractivity contribution in [2.24, 2.45) is 0 Å². The molecule has 0 amide bonds. The standard InChI is InChI=1S/C17H17ClN2S/c1-11-4-3-5-14-17(11)16(10-20-14)21-15-8-13(18)7-6-12(15)9-19-2/h3-8,10,19-20H,9H2,1-2H3. The van der Waals surface area contributed by atoms with Crippen LogP contribution in [0.1, 0.15) is 11.1 Å². The second-order valence-electron chi connectivity index (χ2n) is 5.03. The zero-order valence-corrected chi connectivity index (χ0v) is 13.6. The Morgan fingerprint density at radius 1 is 1.19 bits per heavy atom. The number of nitrogens with one attached hydrogen (secondary N) is 2. The first-order chi connectivity index (χ1) is 10.2. The van der Waals surface area contributed by atoms with Gasteiger partial charge in [0.1, 0.15) is 0 Å². The summed E-state index contributed by atoms with van der Waals surface area (Å²) in [7, 11) is 1.96. The molecule has 0 spiro atoms. The average Bonchev–Trinajstić information content (AvgIpc) is 2.87. The molecule has 0 aliphatic carbocycles. The van der Waals surface area contributed by atoms with E-state index in [-0.39, 0.29) is 0 Å².